The van der Waals surface area contributed by atoms with Gasteiger partial charge in [-0.25, -0.2) is 0 Å². The molecule has 1 aromatic carbocycles. The van der Waals surface area contributed by atoms with Gasteiger partial charge in [-0.1, -0.05) is 29.4 Å². The molecule has 0 radical (unpaired) electrons. The number of rotatable bonds is 3. The highest BCUT2D eigenvalue weighted by molar-refractivity contribution is 5.81. The number of benzene rings is 1. The lowest BCUT2D eigenvalue weighted by Gasteiger charge is -2.36. The number of nitrogens with zero attached hydrogens (tertiary/aromatic N) is 4. The summed E-state index contributed by atoms with van der Waals surface area (Å²) >= 11 is 0. The molecule has 1 atom stereocenters. The van der Waals surface area contributed by atoms with Crippen LogP contribution >= 0.6 is 0 Å². The fourth-order valence-electron chi connectivity index (χ4n) is 3.48. The molecule has 0 spiro atoms. The van der Waals surface area contributed by atoms with Crippen molar-refractivity contribution in [3.8, 4) is 0 Å². The predicted octanol–water partition coefficient (Wildman–Crippen LogP) is 1.16. The first-order valence-electron chi connectivity index (χ1n) is 8.68. The highest BCUT2D eigenvalue weighted by Crippen LogP contribution is 2.20. The second-order valence-electron chi connectivity index (χ2n) is 6.61. The van der Waals surface area contributed by atoms with Crippen LogP contribution in [0.1, 0.15) is 22.8 Å². The fraction of sp³-hybridized carbons (Fsp3) is 0.500. The zero-order valence-corrected chi connectivity index (χ0v) is 14.4. The molecular formula is C18H22N4O3. The lowest BCUT2D eigenvalue weighted by Crippen LogP contribution is -2.51. The topological polar surface area (TPSA) is 71.7 Å². The summed E-state index contributed by atoms with van der Waals surface area (Å²) in [4.78, 5) is 21.2. The molecule has 25 heavy (non-hydrogen) atoms. The Kier molecular flexibility index (Phi) is 4.50. The number of hydrogen-bond acceptors (Lipinski definition) is 6. The fourth-order valence-corrected chi connectivity index (χ4v) is 3.48. The van der Waals surface area contributed by atoms with Crippen LogP contribution in [0.25, 0.3) is 0 Å². The molecule has 1 unspecified atom stereocenters. The van der Waals surface area contributed by atoms with Crippen molar-refractivity contribution in [1.82, 2.24) is 19.9 Å². The van der Waals surface area contributed by atoms with Crippen molar-refractivity contribution in [1.29, 1.82) is 0 Å². The minimum absolute atomic E-state index is 0.0703. The highest BCUT2D eigenvalue weighted by atomic mass is 16.5. The van der Waals surface area contributed by atoms with Crippen LogP contribution in [0.2, 0.25) is 0 Å². The maximum Gasteiger partial charge on any atom is 0.253 e. The number of carbonyl (C=O) groups excluding carboxylic acids is 1. The Morgan fingerprint density at radius 3 is 2.92 bits per heavy atom. The van der Waals surface area contributed by atoms with Crippen molar-refractivity contribution in [2.45, 2.75) is 32.5 Å². The van der Waals surface area contributed by atoms with Gasteiger partial charge in [0.25, 0.3) is 5.91 Å². The average molecular weight is 342 g/mol. The lowest BCUT2D eigenvalue weighted by atomic mass is 9.99. The van der Waals surface area contributed by atoms with Crippen molar-refractivity contribution < 1.29 is 14.1 Å². The maximum atomic E-state index is 12.9. The van der Waals surface area contributed by atoms with Crippen LogP contribution in [-0.4, -0.2) is 58.2 Å². The van der Waals surface area contributed by atoms with Gasteiger partial charge in [-0.2, -0.15) is 4.98 Å². The molecule has 1 saturated heterocycles. The van der Waals surface area contributed by atoms with Gasteiger partial charge < -0.3 is 14.2 Å². The van der Waals surface area contributed by atoms with Crippen molar-refractivity contribution in [3.63, 3.8) is 0 Å². The number of fused-ring (bicyclic) bond motifs is 1. The van der Waals surface area contributed by atoms with Gasteiger partial charge in [0.05, 0.1) is 13.2 Å². The molecule has 0 aliphatic carbocycles. The van der Waals surface area contributed by atoms with E-state index in [0.29, 0.717) is 38.0 Å². The molecule has 7 heteroatoms. The minimum atomic E-state index is -0.428. The van der Waals surface area contributed by atoms with Crippen LogP contribution in [-0.2, 0) is 29.0 Å². The second-order valence-corrected chi connectivity index (χ2v) is 6.61. The third-order valence-corrected chi connectivity index (χ3v) is 4.80. The molecule has 1 aromatic heterocycles. The first kappa shape index (κ1) is 16.2. The molecule has 1 fully saturated rings. The van der Waals surface area contributed by atoms with Crippen molar-refractivity contribution >= 4 is 5.91 Å². The van der Waals surface area contributed by atoms with Crippen LogP contribution in [0.4, 0.5) is 0 Å². The number of ether oxygens (including phenoxy) is 1. The van der Waals surface area contributed by atoms with E-state index in [1.54, 1.807) is 6.92 Å². The van der Waals surface area contributed by atoms with Gasteiger partial charge in [-0.3, -0.25) is 9.69 Å². The van der Waals surface area contributed by atoms with Gasteiger partial charge in [0.1, 0.15) is 6.10 Å². The third kappa shape index (κ3) is 3.57. The van der Waals surface area contributed by atoms with Crippen LogP contribution in [0.3, 0.4) is 0 Å². The van der Waals surface area contributed by atoms with Crippen LogP contribution in [0.15, 0.2) is 28.8 Å². The van der Waals surface area contributed by atoms with Crippen molar-refractivity contribution in [2.24, 2.45) is 0 Å². The molecule has 0 bridgehead atoms. The van der Waals surface area contributed by atoms with E-state index in [4.69, 9.17) is 9.26 Å². The molecule has 1 amide bonds. The molecule has 3 heterocycles. The molecular weight excluding hydrogens is 320 g/mol. The summed E-state index contributed by atoms with van der Waals surface area (Å²) in [6, 6.07) is 8.32. The zero-order chi connectivity index (χ0) is 17.2. The van der Waals surface area contributed by atoms with E-state index in [1.807, 2.05) is 11.0 Å². The van der Waals surface area contributed by atoms with Gasteiger partial charge in [-0.05, 0) is 24.5 Å². The maximum absolute atomic E-state index is 12.9. The number of carbonyl (C=O) groups is 1. The Morgan fingerprint density at radius 1 is 1.28 bits per heavy atom. The average Bonchev–Trinajstić information content (AvgIpc) is 3.05. The molecule has 132 valence electrons. The zero-order valence-electron chi connectivity index (χ0n) is 14.4. The van der Waals surface area contributed by atoms with E-state index in [-0.39, 0.29) is 5.91 Å². The number of hydrogen-bond donors (Lipinski definition) is 0. The predicted molar refractivity (Wildman–Crippen MR) is 89.6 cm³/mol. The van der Waals surface area contributed by atoms with E-state index < -0.39 is 6.10 Å². The van der Waals surface area contributed by atoms with Crippen molar-refractivity contribution in [2.75, 3.05) is 26.2 Å². The quantitative estimate of drug-likeness (QED) is 0.834. The van der Waals surface area contributed by atoms with Crippen LogP contribution < -0.4 is 0 Å². The minimum Gasteiger partial charge on any atom is -0.366 e. The molecule has 2 aliphatic heterocycles. The van der Waals surface area contributed by atoms with Crippen molar-refractivity contribution in [3.05, 3.63) is 47.1 Å². The number of morpholine rings is 1. The van der Waals surface area contributed by atoms with E-state index in [2.05, 4.69) is 33.2 Å². The van der Waals surface area contributed by atoms with Gasteiger partial charge >= 0.3 is 0 Å². The third-order valence-electron chi connectivity index (χ3n) is 4.80. The van der Waals surface area contributed by atoms with Crippen LogP contribution in [0, 0.1) is 6.92 Å². The summed E-state index contributed by atoms with van der Waals surface area (Å²) in [5, 5.41) is 3.81. The summed E-state index contributed by atoms with van der Waals surface area (Å²) in [5.41, 5.74) is 2.57. The molecule has 0 saturated carbocycles. The molecule has 2 aromatic rings. The largest absolute Gasteiger partial charge is 0.366 e. The summed E-state index contributed by atoms with van der Waals surface area (Å²) in [6.07, 6.45) is 0.475. The van der Waals surface area contributed by atoms with E-state index in [9.17, 15) is 4.79 Å². The summed E-state index contributed by atoms with van der Waals surface area (Å²) < 4.78 is 10.9. The van der Waals surface area contributed by atoms with E-state index in [1.165, 1.54) is 11.1 Å². The monoisotopic (exact) mass is 342 g/mol. The number of aromatic nitrogens is 2. The Labute approximate surface area is 146 Å². The van der Waals surface area contributed by atoms with Gasteiger partial charge in [0, 0.05) is 26.2 Å². The summed E-state index contributed by atoms with van der Waals surface area (Å²) in [7, 11) is 0. The molecule has 0 N–H and O–H groups in total. The first-order chi connectivity index (χ1) is 12.2. The Bertz CT molecular complexity index is 760. The SMILES string of the molecule is Cc1noc(CN2CCOC(C(=O)N3CCc4ccccc4C3)C2)n1. The Hall–Kier alpha value is -2.25. The molecule has 7 nitrogen and oxygen atoms in total. The number of aryl methyl sites for hydroxylation is 1. The molecule has 4 rings (SSSR count). The van der Waals surface area contributed by atoms with E-state index >= 15 is 0 Å². The Morgan fingerprint density at radius 2 is 2.12 bits per heavy atom. The van der Waals surface area contributed by atoms with E-state index in [0.717, 1.165) is 19.5 Å². The van der Waals surface area contributed by atoms with Gasteiger partial charge in [0.15, 0.2) is 5.82 Å². The number of amides is 1. The van der Waals surface area contributed by atoms with Gasteiger partial charge in [0.2, 0.25) is 5.89 Å². The molecule has 2 aliphatic rings. The second kappa shape index (κ2) is 6.93. The normalized spacial score (nSPS) is 21.2. The Balaban J connectivity index is 1.38. The standard InChI is InChI=1S/C18H22N4O3/c1-13-19-17(25-20-13)12-21-8-9-24-16(11-21)18(23)22-7-6-14-4-2-3-5-15(14)10-22/h2-5,16H,6-12H2,1H3. The smallest absolute Gasteiger partial charge is 0.253 e. The van der Waals surface area contributed by atoms with Gasteiger partial charge in [-0.15, -0.1) is 0 Å². The first-order valence-corrected chi connectivity index (χ1v) is 8.68. The van der Waals surface area contributed by atoms with Crippen LogP contribution in [0.5, 0.6) is 0 Å². The highest BCUT2D eigenvalue weighted by Gasteiger charge is 2.32. The summed E-state index contributed by atoms with van der Waals surface area (Å²) in [6.45, 7) is 5.61. The summed E-state index contributed by atoms with van der Waals surface area (Å²) in [5.74, 6) is 1.28. The lowest BCUT2D eigenvalue weighted by molar-refractivity contribution is -0.150.